The fourth-order valence-electron chi connectivity index (χ4n) is 2.03. The van der Waals surface area contributed by atoms with E-state index in [4.69, 9.17) is 0 Å². The Morgan fingerprint density at radius 1 is 1.29 bits per heavy atom. The summed E-state index contributed by atoms with van der Waals surface area (Å²) in [6.07, 6.45) is 3.14. The summed E-state index contributed by atoms with van der Waals surface area (Å²) in [5.74, 6) is 0. The third-order valence-electron chi connectivity index (χ3n) is 2.99. The number of anilines is 1. The zero-order chi connectivity index (χ0) is 12.3. The first-order chi connectivity index (χ1) is 8.14. The molecule has 4 nitrogen and oxygen atoms in total. The lowest BCUT2D eigenvalue weighted by molar-refractivity contribution is 0.246. The Morgan fingerprint density at radius 3 is 2.65 bits per heavy atom. The van der Waals surface area contributed by atoms with Crippen molar-refractivity contribution in [2.45, 2.75) is 38.8 Å². The summed E-state index contributed by atoms with van der Waals surface area (Å²) in [6, 6.07) is 9.52. The van der Waals surface area contributed by atoms with Crippen molar-refractivity contribution in [2.75, 3.05) is 5.01 Å². The highest BCUT2D eigenvalue weighted by atomic mass is 16.2. The van der Waals surface area contributed by atoms with Crippen molar-refractivity contribution in [1.29, 1.82) is 0 Å². The number of urea groups is 1. The zero-order valence-electron chi connectivity index (χ0n) is 10.4. The highest BCUT2D eigenvalue weighted by Crippen LogP contribution is 2.21. The van der Waals surface area contributed by atoms with E-state index < -0.39 is 0 Å². The van der Waals surface area contributed by atoms with Gasteiger partial charge in [-0.25, -0.2) is 15.2 Å². The second-order valence-corrected chi connectivity index (χ2v) is 4.65. The fraction of sp³-hybridized carbons (Fsp3) is 0.462. The predicted molar refractivity (Wildman–Crippen MR) is 68.5 cm³/mol. The van der Waals surface area contributed by atoms with Gasteiger partial charge < -0.3 is 5.32 Å². The molecule has 1 fully saturated rings. The number of unbranched alkanes of at least 4 members (excludes halogenated alkanes) is 1. The minimum Gasteiger partial charge on any atom is -0.317 e. The third-order valence-corrected chi connectivity index (χ3v) is 2.99. The van der Waals surface area contributed by atoms with Gasteiger partial charge in [0.05, 0.1) is 5.69 Å². The lowest BCUT2D eigenvalue weighted by atomic mass is 10.1. The lowest BCUT2D eigenvalue weighted by Crippen LogP contribution is -2.48. The second-order valence-electron chi connectivity index (χ2n) is 4.65. The van der Waals surface area contributed by atoms with Crippen molar-refractivity contribution in [3.8, 4) is 0 Å². The van der Waals surface area contributed by atoms with Gasteiger partial charge >= 0.3 is 6.03 Å². The van der Waals surface area contributed by atoms with E-state index in [2.05, 4.69) is 17.7 Å². The SMILES string of the molecule is CCCC[C@@]1(C)NC(=O)N(c2ccccc2)N1. The maximum atomic E-state index is 11.9. The number of hydrogen-bond acceptors (Lipinski definition) is 2. The average molecular weight is 233 g/mol. The fourth-order valence-corrected chi connectivity index (χ4v) is 2.03. The summed E-state index contributed by atoms with van der Waals surface area (Å²) in [7, 11) is 0. The van der Waals surface area contributed by atoms with Crippen molar-refractivity contribution in [3.63, 3.8) is 0 Å². The lowest BCUT2D eigenvalue weighted by Gasteiger charge is -2.24. The molecule has 0 spiro atoms. The number of benzene rings is 1. The minimum atomic E-state index is -0.330. The number of para-hydroxylation sites is 1. The van der Waals surface area contributed by atoms with Gasteiger partial charge in [0.1, 0.15) is 5.66 Å². The number of rotatable bonds is 4. The molecule has 1 aromatic rings. The first kappa shape index (κ1) is 11.9. The number of carbonyl (C=O) groups is 1. The molecule has 17 heavy (non-hydrogen) atoms. The summed E-state index contributed by atoms with van der Waals surface area (Å²) in [5, 5.41) is 4.57. The summed E-state index contributed by atoms with van der Waals surface area (Å²) >= 11 is 0. The van der Waals surface area contributed by atoms with E-state index in [1.807, 2.05) is 37.3 Å². The first-order valence-electron chi connectivity index (χ1n) is 6.10. The molecule has 92 valence electrons. The van der Waals surface area contributed by atoms with Crippen LogP contribution in [0.4, 0.5) is 10.5 Å². The van der Waals surface area contributed by atoms with Gasteiger partial charge in [-0.3, -0.25) is 0 Å². The van der Waals surface area contributed by atoms with Crippen LogP contribution >= 0.6 is 0 Å². The Bertz CT molecular complexity index is 393. The largest absolute Gasteiger partial charge is 0.338 e. The quantitative estimate of drug-likeness (QED) is 0.839. The zero-order valence-corrected chi connectivity index (χ0v) is 10.4. The van der Waals surface area contributed by atoms with Gasteiger partial charge in [-0.15, -0.1) is 0 Å². The molecular weight excluding hydrogens is 214 g/mol. The van der Waals surface area contributed by atoms with Gasteiger partial charge in [-0.2, -0.15) is 0 Å². The van der Waals surface area contributed by atoms with Crippen molar-refractivity contribution in [2.24, 2.45) is 0 Å². The Kier molecular flexibility index (Phi) is 3.33. The van der Waals surface area contributed by atoms with Crippen LogP contribution in [0, 0.1) is 0 Å². The normalized spacial score (nSPS) is 23.9. The molecule has 0 aliphatic carbocycles. The molecule has 1 aliphatic heterocycles. The molecule has 1 aromatic carbocycles. The molecule has 0 radical (unpaired) electrons. The number of amides is 2. The smallest absolute Gasteiger partial charge is 0.317 e. The van der Waals surface area contributed by atoms with Crippen molar-refractivity contribution >= 4 is 11.7 Å². The molecule has 0 unspecified atom stereocenters. The van der Waals surface area contributed by atoms with Crippen LogP contribution in [0.1, 0.15) is 33.1 Å². The minimum absolute atomic E-state index is 0.0881. The molecule has 1 saturated heterocycles. The molecule has 1 aliphatic rings. The van der Waals surface area contributed by atoms with Gasteiger partial charge in [0.25, 0.3) is 0 Å². The molecule has 2 N–H and O–H groups in total. The molecule has 1 heterocycles. The topological polar surface area (TPSA) is 44.4 Å². The summed E-state index contributed by atoms with van der Waals surface area (Å²) in [5.41, 5.74) is 3.78. The number of nitrogens with one attached hydrogen (secondary N) is 2. The Balaban J connectivity index is 2.10. The Labute approximate surface area is 102 Å². The van der Waals surface area contributed by atoms with Crippen LogP contribution in [0.3, 0.4) is 0 Å². The summed E-state index contributed by atoms with van der Waals surface area (Å²) in [4.78, 5) is 11.9. The summed E-state index contributed by atoms with van der Waals surface area (Å²) < 4.78 is 0. The van der Waals surface area contributed by atoms with E-state index in [0.29, 0.717) is 0 Å². The van der Waals surface area contributed by atoms with E-state index in [1.165, 1.54) is 0 Å². The van der Waals surface area contributed by atoms with Crippen LogP contribution < -0.4 is 15.8 Å². The van der Waals surface area contributed by atoms with Crippen molar-refractivity contribution in [3.05, 3.63) is 30.3 Å². The molecular formula is C13H19N3O. The molecule has 0 aromatic heterocycles. The maximum absolute atomic E-state index is 11.9. The van der Waals surface area contributed by atoms with E-state index in [0.717, 1.165) is 24.9 Å². The number of hydrogen-bond donors (Lipinski definition) is 2. The molecule has 4 heteroatoms. The van der Waals surface area contributed by atoms with Gasteiger partial charge in [0.15, 0.2) is 0 Å². The Hall–Kier alpha value is -1.55. The predicted octanol–water partition coefficient (Wildman–Crippen LogP) is 2.63. The molecule has 2 amide bonds. The van der Waals surface area contributed by atoms with Crippen LogP contribution in [0.5, 0.6) is 0 Å². The average Bonchev–Trinajstić information content (AvgIpc) is 2.64. The van der Waals surface area contributed by atoms with Crippen LogP contribution in [0.15, 0.2) is 30.3 Å². The van der Waals surface area contributed by atoms with E-state index >= 15 is 0 Å². The monoisotopic (exact) mass is 233 g/mol. The van der Waals surface area contributed by atoms with E-state index in [-0.39, 0.29) is 11.7 Å². The van der Waals surface area contributed by atoms with Gasteiger partial charge in [0, 0.05) is 0 Å². The number of carbonyl (C=O) groups excluding carboxylic acids is 1. The highest BCUT2D eigenvalue weighted by Gasteiger charge is 2.38. The first-order valence-corrected chi connectivity index (χ1v) is 6.10. The van der Waals surface area contributed by atoms with E-state index in [9.17, 15) is 4.79 Å². The standard InChI is InChI=1S/C13H19N3O/c1-3-4-10-13(2)14-12(17)16(15-13)11-8-6-5-7-9-11/h5-9,15H,3-4,10H2,1-2H3,(H,14,17)/t13-/m0/s1. The van der Waals surface area contributed by atoms with Crippen LogP contribution in [-0.4, -0.2) is 11.7 Å². The van der Waals surface area contributed by atoms with Gasteiger partial charge in [-0.1, -0.05) is 31.5 Å². The van der Waals surface area contributed by atoms with Crippen molar-refractivity contribution < 1.29 is 4.79 Å². The molecule has 0 saturated carbocycles. The van der Waals surface area contributed by atoms with E-state index in [1.54, 1.807) is 5.01 Å². The van der Waals surface area contributed by atoms with Crippen molar-refractivity contribution in [1.82, 2.24) is 10.7 Å². The third kappa shape index (κ3) is 2.58. The molecule has 2 rings (SSSR count). The molecule has 1 atom stereocenters. The second kappa shape index (κ2) is 4.75. The van der Waals surface area contributed by atoms with Crippen LogP contribution in [0.2, 0.25) is 0 Å². The van der Waals surface area contributed by atoms with Gasteiger partial charge in [-0.05, 0) is 31.9 Å². The van der Waals surface area contributed by atoms with Crippen LogP contribution in [0.25, 0.3) is 0 Å². The number of hydrazine groups is 1. The van der Waals surface area contributed by atoms with Crippen LogP contribution in [-0.2, 0) is 0 Å². The summed E-state index contributed by atoms with van der Waals surface area (Å²) in [6.45, 7) is 4.17. The number of nitrogens with zero attached hydrogens (tertiary/aromatic N) is 1. The molecule has 0 bridgehead atoms. The Morgan fingerprint density at radius 2 is 2.00 bits per heavy atom. The maximum Gasteiger partial charge on any atom is 0.338 e. The van der Waals surface area contributed by atoms with Gasteiger partial charge in [0.2, 0.25) is 0 Å². The highest BCUT2D eigenvalue weighted by molar-refractivity contribution is 5.93.